The molecule has 0 spiro atoms. The molecule has 0 aliphatic carbocycles. The number of hydrogen-bond donors (Lipinski definition) is 0. The SMILES string of the molecule is CC1CC=C(Cl)N=C(Cl)C1C. The van der Waals surface area contributed by atoms with Gasteiger partial charge in [0.2, 0.25) is 0 Å². The van der Waals surface area contributed by atoms with Crippen LogP contribution >= 0.6 is 23.2 Å². The molecule has 0 bridgehead atoms. The molecular formula is C8H11Cl2N. The first-order chi connectivity index (χ1) is 5.11. The third-order valence-electron chi connectivity index (χ3n) is 2.10. The van der Waals surface area contributed by atoms with Crippen LogP contribution in [-0.4, -0.2) is 5.17 Å². The van der Waals surface area contributed by atoms with Gasteiger partial charge in [-0.1, -0.05) is 37.0 Å². The Morgan fingerprint density at radius 3 is 2.73 bits per heavy atom. The lowest BCUT2D eigenvalue weighted by Crippen LogP contribution is -2.12. The van der Waals surface area contributed by atoms with Gasteiger partial charge in [0.25, 0.3) is 0 Å². The first-order valence-electron chi connectivity index (χ1n) is 3.71. The summed E-state index contributed by atoms with van der Waals surface area (Å²) < 4.78 is 0. The highest BCUT2D eigenvalue weighted by Gasteiger charge is 2.18. The van der Waals surface area contributed by atoms with Gasteiger partial charge in [-0.15, -0.1) is 0 Å². The predicted octanol–water partition coefficient (Wildman–Crippen LogP) is 3.38. The molecule has 1 aliphatic heterocycles. The topological polar surface area (TPSA) is 12.4 Å². The fourth-order valence-corrected chi connectivity index (χ4v) is 1.50. The lowest BCUT2D eigenvalue weighted by atomic mass is 9.94. The van der Waals surface area contributed by atoms with Crippen molar-refractivity contribution in [2.75, 3.05) is 0 Å². The lowest BCUT2D eigenvalue weighted by Gasteiger charge is -2.13. The lowest BCUT2D eigenvalue weighted by molar-refractivity contribution is 0.498. The van der Waals surface area contributed by atoms with Crippen molar-refractivity contribution >= 4 is 28.4 Å². The molecule has 2 atom stereocenters. The van der Waals surface area contributed by atoms with E-state index in [1.165, 1.54) is 0 Å². The van der Waals surface area contributed by atoms with E-state index < -0.39 is 0 Å². The number of rotatable bonds is 0. The summed E-state index contributed by atoms with van der Waals surface area (Å²) in [6, 6.07) is 0. The molecule has 0 N–H and O–H groups in total. The second kappa shape index (κ2) is 3.59. The maximum atomic E-state index is 5.89. The van der Waals surface area contributed by atoms with E-state index in [1.54, 1.807) is 0 Å². The van der Waals surface area contributed by atoms with E-state index in [2.05, 4.69) is 18.8 Å². The second-order valence-corrected chi connectivity index (χ2v) is 3.74. The monoisotopic (exact) mass is 191 g/mol. The molecule has 0 saturated heterocycles. The van der Waals surface area contributed by atoms with Gasteiger partial charge in [0.05, 0.1) is 0 Å². The average molecular weight is 192 g/mol. The van der Waals surface area contributed by atoms with Crippen molar-refractivity contribution in [1.82, 2.24) is 0 Å². The van der Waals surface area contributed by atoms with Crippen LogP contribution in [0.4, 0.5) is 0 Å². The zero-order chi connectivity index (χ0) is 8.43. The molecule has 0 radical (unpaired) electrons. The summed E-state index contributed by atoms with van der Waals surface area (Å²) in [5, 5.41) is 1.14. The van der Waals surface area contributed by atoms with Crippen LogP contribution in [0, 0.1) is 11.8 Å². The van der Waals surface area contributed by atoms with Crippen LogP contribution in [0.25, 0.3) is 0 Å². The van der Waals surface area contributed by atoms with Crippen molar-refractivity contribution in [2.24, 2.45) is 16.8 Å². The minimum Gasteiger partial charge on any atom is -0.229 e. The Morgan fingerprint density at radius 2 is 2.09 bits per heavy atom. The van der Waals surface area contributed by atoms with Gasteiger partial charge in [-0.25, -0.2) is 4.99 Å². The van der Waals surface area contributed by atoms with Gasteiger partial charge in [-0.2, -0.15) is 0 Å². The molecule has 0 aromatic heterocycles. The summed E-state index contributed by atoms with van der Waals surface area (Å²) in [5.41, 5.74) is 0. The highest BCUT2D eigenvalue weighted by molar-refractivity contribution is 6.66. The average Bonchev–Trinajstić information content (AvgIpc) is 2.05. The summed E-state index contributed by atoms with van der Waals surface area (Å²) in [6.07, 6.45) is 2.87. The Kier molecular flexibility index (Phi) is 2.97. The summed E-state index contributed by atoms with van der Waals surface area (Å²) in [4.78, 5) is 4.02. The Bertz CT molecular complexity index is 208. The largest absolute Gasteiger partial charge is 0.229 e. The molecule has 0 aromatic carbocycles. The normalized spacial score (nSPS) is 32.4. The molecule has 1 heterocycles. The van der Waals surface area contributed by atoms with Gasteiger partial charge in [-0.05, 0) is 18.4 Å². The van der Waals surface area contributed by atoms with Gasteiger partial charge in [0.1, 0.15) is 10.3 Å². The van der Waals surface area contributed by atoms with E-state index in [0.29, 0.717) is 22.2 Å². The zero-order valence-electron chi connectivity index (χ0n) is 6.64. The molecule has 11 heavy (non-hydrogen) atoms. The van der Waals surface area contributed by atoms with Crippen molar-refractivity contribution in [1.29, 1.82) is 0 Å². The van der Waals surface area contributed by atoms with E-state index >= 15 is 0 Å². The molecule has 0 saturated carbocycles. The Morgan fingerprint density at radius 1 is 1.45 bits per heavy atom. The third kappa shape index (κ3) is 2.21. The van der Waals surface area contributed by atoms with Crippen molar-refractivity contribution in [3.05, 3.63) is 11.2 Å². The summed E-state index contributed by atoms with van der Waals surface area (Å²) in [7, 11) is 0. The second-order valence-electron chi connectivity index (χ2n) is 2.96. The predicted molar refractivity (Wildman–Crippen MR) is 50.2 cm³/mol. The fraction of sp³-hybridized carbons (Fsp3) is 0.625. The molecule has 1 nitrogen and oxygen atoms in total. The van der Waals surface area contributed by atoms with Crippen molar-refractivity contribution in [3.8, 4) is 0 Å². The van der Waals surface area contributed by atoms with E-state index in [0.717, 1.165) is 6.42 Å². The van der Waals surface area contributed by atoms with E-state index in [9.17, 15) is 0 Å². The van der Waals surface area contributed by atoms with E-state index in [1.807, 2.05) is 6.08 Å². The van der Waals surface area contributed by atoms with Gasteiger partial charge < -0.3 is 0 Å². The van der Waals surface area contributed by atoms with Gasteiger partial charge >= 0.3 is 0 Å². The van der Waals surface area contributed by atoms with Crippen LogP contribution in [0.3, 0.4) is 0 Å². The maximum Gasteiger partial charge on any atom is 0.126 e. The first-order valence-corrected chi connectivity index (χ1v) is 4.46. The molecule has 1 aliphatic rings. The molecular weight excluding hydrogens is 181 g/mol. The third-order valence-corrected chi connectivity index (χ3v) is 2.77. The van der Waals surface area contributed by atoms with Crippen molar-refractivity contribution in [2.45, 2.75) is 20.3 Å². The smallest absolute Gasteiger partial charge is 0.126 e. The molecule has 62 valence electrons. The van der Waals surface area contributed by atoms with Gasteiger partial charge in [0.15, 0.2) is 0 Å². The first kappa shape index (κ1) is 9.08. The number of allylic oxidation sites excluding steroid dienone is 1. The molecule has 0 fully saturated rings. The molecule has 3 heteroatoms. The Balaban J connectivity index is 2.84. The maximum absolute atomic E-state index is 5.89. The van der Waals surface area contributed by atoms with Crippen LogP contribution < -0.4 is 0 Å². The van der Waals surface area contributed by atoms with Crippen molar-refractivity contribution < 1.29 is 0 Å². The molecule has 1 rings (SSSR count). The number of aliphatic imine (C=N–C) groups is 1. The number of hydrogen-bond acceptors (Lipinski definition) is 1. The van der Waals surface area contributed by atoms with Crippen LogP contribution in [0.15, 0.2) is 16.2 Å². The molecule has 2 unspecified atom stereocenters. The molecule has 0 aromatic rings. The summed E-state index contributed by atoms with van der Waals surface area (Å²) in [5.74, 6) is 0.853. The highest BCUT2D eigenvalue weighted by atomic mass is 35.5. The zero-order valence-corrected chi connectivity index (χ0v) is 8.15. The van der Waals surface area contributed by atoms with Crippen LogP contribution in [0.5, 0.6) is 0 Å². The quantitative estimate of drug-likeness (QED) is 0.521. The van der Waals surface area contributed by atoms with Crippen LogP contribution in [-0.2, 0) is 0 Å². The van der Waals surface area contributed by atoms with Crippen LogP contribution in [0.1, 0.15) is 20.3 Å². The Labute approximate surface area is 77.1 Å². The van der Waals surface area contributed by atoms with E-state index in [4.69, 9.17) is 23.2 Å². The minimum absolute atomic E-state index is 0.323. The summed E-state index contributed by atoms with van der Waals surface area (Å²) in [6.45, 7) is 4.22. The minimum atomic E-state index is 0.323. The Hall–Kier alpha value is -0.0100. The summed E-state index contributed by atoms with van der Waals surface area (Å²) >= 11 is 11.6. The fourth-order valence-electron chi connectivity index (χ4n) is 0.972. The standard InChI is InChI=1S/C8H11Cl2N/c1-5-3-4-7(9)11-8(10)6(5)2/h4-6H,3H2,1-2H3. The number of nitrogens with zero attached hydrogens (tertiary/aromatic N) is 1. The number of halogens is 2. The van der Waals surface area contributed by atoms with Gasteiger partial charge in [-0.3, -0.25) is 0 Å². The van der Waals surface area contributed by atoms with Crippen LogP contribution in [0.2, 0.25) is 0 Å². The van der Waals surface area contributed by atoms with Crippen molar-refractivity contribution in [3.63, 3.8) is 0 Å². The van der Waals surface area contributed by atoms with Gasteiger partial charge in [0, 0.05) is 5.92 Å². The molecule has 0 amide bonds. The van der Waals surface area contributed by atoms with E-state index in [-0.39, 0.29) is 0 Å². The highest BCUT2D eigenvalue weighted by Crippen LogP contribution is 2.25.